The Morgan fingerprint density at radius 3 is 2.54 bits per heavy atom. The minimum Gasteiger partial charge on any atom is -0.485 e. The molecule has 1 fully saturated rings. The number of para-hydroxylation sites is 1. The van der Waals surface area contributed by atoms with Crippen LogP contribution in [-0.4, -0.2) is 23.7 Å². The molecule has 0 aliphatic carbocycles. The second-order valence-corrected chi connectivity index (χ2v) is 6.93. The number of hydrogen-bond acceptors (Lipinski definition) is 4. The molecular weight excluding hydrogens is 354 g/mol. The monoisotopic (exact) mass is 373 g/mol. The normalized spacial score (nSPS) is 20.1. The van der Waals surface area contributed by atoms with Crippen LogP contribution < -0.4 is 9.64 Å². The molecule has 2 aliphatic heterocycles. The first-order valence-electron chi connectivity index (χ1n) is 9.10. The maximum absolute atomic E-state index is 12.9. The molecule has 0 bridgehead atoms. The fourth-order valence-corrected chi connectivity index (χ4v) is 3.42. The molecule has 4 rings (SSSR count). The molecule has 0 radical (unpaired) electrons. The highest BCUT2D eigenvalue weighted by molar-refractivity contribution is 6.28. The van der Waals surface area contributed by atoms with Crippen molar-refractivity contribution in [2.24, 2.45) is 0 Å². The van der Waals surface area contributed by atoms with Crippen molar-refractivity contribution in [3.8, 4) is 5.75 Å². The molecule has 2 heterocycles. The van der Waals surface area contributed by atoms with Gasteiger partial charge in [0.1, 0.15) is 11.9 Å². The number of Topliss-reactive ketones (excluding diaryl/α,β-unsaturated/α-hetero) is 1. The molecule has 5 nitrogen and oxygen atoms in total. The van der Waals surface area contributed by atoms with Gasteiger partial charge in [0.05, 0.1) is 12.1 Å². The molecule has 5 heteroatoms. The summed E-state index contributed by atoms with van der Waals surface area (Å²) >= 11 is 0. The second-order valence-electron chi connectivity index (χ2n) is 6.93. The molecule has 2 aromatic rings. The molecule has 0 saturated carbocycles. The number of imide groups is 1. The topological polar surface area (TPSA) is 63.7 Å². The van der Waals surface area contributed by atoms with Gasteiger partial charge < -0.3 is 4.74 Å². The summed E-state index contributed by atoms with van der Waals surface area (Å²) in [7, 11) is 0. The van der Waals surface area contributed by atoms with Crippen LogP contribution in [0.25, 0.3) is 6.08 Å². The Balaban J connectivity index is 1.64. The van der Waals surface area contributed by atoms with Crippen LogP contribution in [0.5, 0.6) is 5.75 Å². The van der Waals surface area contributed by atoms with Crippen molar-refractivity contribution in [2.75, 3.05) is 4.90 Å². The van der Waals surface area contributed by atoms with Crippen molar-refractivity contribution in [2.45, 2.75) is 26.4 Å². The number of carbonyl (C=O) groups is 3. The number of ketones is 1. The Morgan fingerprint density at radius 1 is 1.11 bits per heavy atom. The lowest BCUT2D eigenvalue weighted by atomic mass is 10.00. The van der Waals surface area contributed by atoms with E-state index < -0.39 is 0 Å². The minimum atomic E-state index is -0.340. The lowest BCUT2D eigenvalue weighted by molar-refractivity contribution is -0.120. The van der Waals surface area contributed by atoms with Gasteiger partial charge in [0, 0.05) is 16.7 Å². The van der Waals surface area contributed by atoms with Crippen molar-refractivity contribution >= 4 is 29.4 Å². The third-order valence-corrected chi connectivity index (χ3v) is 4.96. The van der Waals surface area contributed by atoms with Gasteiger partial charge in [-0.1, -0.05) is 18.2 Å². The summed E-state index contributed by atoms with van der Waals surface area (Å²) in [6.45, 7) is 3.39. The molecule has 2 amide bonds. The molecule has 1 unspecified atom stereocenters. The Labute approximate surface area is 162 Å². The van der Waals surface area contributed by atoms with E-state index in [1.54, 1.807) is 30.3 Å². The highest BCUT2D eigenvalue weighted by atomic mass is 16.5. The predicted octanol–water partition coefficient (Wildman–Crippen LogP) is 3.94. The van der Waals surface area contributed by atoms with Gasteiger partial charge in [0.2, 0.25) is 5.91 Å². The van der Waals surface area contributed by atoms with Gasteiger partial charge in [-0.05, 0) is 61.9 Å². The summed E-state index contributed by atoms with van der Waals surface area (Å²) in [5.41, 5.74) is 3.23. The van der Waals surface area contributed by atoms with Crippen molar-refractivity contribution in [3.05, 3.63) is 76.9 Å². The zero-order valence-electron chi connectivity index (χ0n) is 15.6. The quantitative estimate of drug-likeness (QED) is 0.464. The van der Waals surface area contributed by atoms with Crippen molar-refractivity contribution in [1.29, 1.82) is 0 Å². The van der Waals surface area contributed by atoms with Gasteiger partial charge in [-0.25, -0.2) is 4.90 Å². The van der Waals surface area contributed by atoms with Gasteiger partial charge in [0.25, 0.3) is 5.91 Å². The van der Waals surface area contributed by atoms with Crippen LogP contribution in [0.15, 0.2) is 65.8 Å². The Kier molecular flexibility index (Phi) is 4.43. The van der Waals surface area contributed by atoms with Crippen LogP contribution in [0.4, 0.5) is 5.69 Å². The number of hydrogen-bond donors (Lipinski definition) is 0. The number of nitrogens with zero attached hydrogens (tertiary/aromatic N) is 1. The Morgan fingerprint density at radius 2 is 1.82 bits per heavy atom. The smallest absolute Gasteiger partial charge is 0.261 e. The third kappa shape index (κ3) is 3.16. The Hall–Kier alpha value is -3.47. The molecule has 0 aromatic heterocycles. The molecule has 0 spiro atoms. The average molecular weight is 373 g/mol. The van der Waals surface area contributed by atoms with E-state index in [4.69, 9.17) is 4.74 Å². The van der Waals surface area contributed by atoms with Crippen LogP contribution in [0.3, 0.4) is 0 Å². The van der Waals surface area contributed by atoms with E-state index in [9.17, 15) is 14.4 Å². The van der Waals surface area contributed by atoms with Crippen molar-refractivity contribution in [1.82, 2.24) is 0 Å². The zero-order chi connectivity index (χ0) is 19.8. The molecule has 2 aromatic carbocycles. The third-order valence-electron chi connectivity index (χ3n) is 4.96. The van der Waals surface area contributed by atoms with Crippen LogP contribution in [-0.2, 0) is 9.59 Å². The molecular formula is C23H19NO4. The number of ether oxygens (including phenoxy) is 1. The molecule has 28 heavy (non-hydrogen) atoms. The van der Waals surface area contributed by atoms with Crippen LogP contribution >= 0.6 is 0 Å². The van der Waals surface area contributed by atoms with Crippen LogP contribution in [0.2, 0.25) is 0 Å². The Bertz CT molecular complexity index is 1050. The van der Waals surface area contributed by atoms with E-state index in [0.29, 0.717) is 16.8 Å². The van der Waals surface area contributed by atoms with E-state index in [2.05, 4.69) is 0 Å². The van der Waals surface area contributed by atoms with E-state index >= 15 is 0 Å². The maximum atomic E-state index is 12.9. The van der Waals surface area contributed by atoms with Gasteiger partial charge >= 0.3 is 0 Å². The van der Waals surface area contributed by atoms with E-state index in [1.165, 1.54) is 11.8 Å². The maximum Gasteiger partial charge on any atom is 0.261 e. The minimum absolute atomic E-state index is 0.0407. The van der Waals surface area contributed by atoms with Gasteiger partial charge in [-0.3, -0.25) is 14.4 Å². The summed E-state index contributed by atoms with van der Waals surface area (Å²) in [5.74, 6) is 0.118. The second kappa shape index (κ2) is 6.93. The summed E-state index contributed by atoms with van der Waals surface area (Å²) in [4.78, 5) is 37.9. The average Bonchev–Trinajstić information content (AvgIpc) is 2.95. The summed E-state index contributed by atoms with van der Waals surface area (Å²) in [6, 6.07) is 14.2. The molecule has 0 N–H and O–H groups in total. The summed E-state index contributed by atoms with van der Waals surface area (Å²) in [5, 5.41) is 0. The first-order chi connectivity index (χ1) is 13.4. The molecule has 1 atom stereocenters. The fourth-order valence-electron chi connectivity index (χ4n) is 3.42. The number of carbonyl (C=O) groups excluding carboxylic acids is 3. The van der Waals surface area contributed by atoms with Crippen molar-refractivity contribution in [3.63, 3.8) is 0 Å². The highest BCUT2D eigenvalue weighted by Gasteiger charge is 2.35. The van der Waals surface area contributed by atoms with Gasteiger partial charge in [-0.15, -0.1) is 0 Å². The number of fused-ring (bicyclic) bond motifs is 1. The van der Waals surface area contributed by atoms with Crippen molar-refractivity contribution < 1.29 is 19.1 Å². The lowest BCUT2D eigenvalue weighted by Gasteiger charge is -2.23. The number of amides is 2. The van der Waals surface area contributed by atoms with E-state index in [1.807, 2.05) is 37.3 Å². The molecule has 1 saturated heterocycles. The molecule has 140 valence electrons. The SMILES string of the molecule is CC(=O)c1ccc(N2C(=O)CC(=CC3=Cc4ccccc4OC3C)C2=O)cc1. The van der Waals surface area contributed by atoms with E-state index in [0.717, 1.165) is 16.9 Å². The van der Waals surface area contributed by atoms with Gasteiger partial charge in [0.15, 0.2) is 5.78 Å². The first-order valence-corrected chi connectivity index (χ1v) is 9.10. The number of benzene rings is 2. The van der Waals surface area contributed by atoms with Gasteiger partial charge in [-0.2, -0.15) is 0 Å². The van der Waals surface area contributed by atoms with Crippen LogP contribution in [0, 0.1) is 0 Å². The number of anilines is 1. The van der Waals surface area contributed by atoms with Crippen LogP contribution in [0.1, 0.15) is 36.2 Å². The highest BCUT2D eigenvalue weighted by Crippen LogP contribution is 2.32. The van der Waals surface area contributed by atoms with E-state index in [-0.39, 0.29) is 30.1 Å². The largest absolute Gasteiger partial charge is 0.485 e. The zero-order valence-corrected chi connectivity index (χ0v) is 15.6. The predicted molar refractivity (Wildman–Crippen MR) is 106 cm³/mol. The summed E-state index contributed by atoms with van der Waals surface area (Å²) in [6.07, 6.45) is 3.57. The first kappa shape index (κ1) is 17.9. The number of rotatable bonds is 3. The lowest BCUT2D eigenvalue weighted by Crippen LogP contribution is -2.29. The molecule has 2 aliphatic rings. The fraction of sp³-hybridized carbons (Fsp3) is 0.174. The standard InChI is InChI=1S/C23H19NO4/c1-14(25)16-7-9-20(10-8-16)24-22(26)13-19(23(24)27)12-18-11-17-5-3-4-6-21(17)28-15(18)2/h3-12,15H,13H2,1-2H3. The summed E-state index contributed by atoms with van der Waals surface area (Å²) < 4.78 is 5.91.